The van der Waals surface area contributed by atoms with Crippen LogP contribution in [-0.2, 0) is 0 Å². The molecule has 0 unspecified atom stereocenters. The molecule has 0 saturated heterocycles. The molecule has 1 heteroatoms. The maximum Gasteiger partial charge on any atom is 0.129 e. The number of rotatable bonds is 1. The molecule has 13 heavy (non-hydrogen) atoms. The van der Waals surface area contributed by atoms with Crippen LogP contribution in [0.5, 0.6) is 5.75 Å². The van der Waals surface area contributed by atoms with Crippen molar-refractivity contribution in [3.8, 4) is 5.75 Å². The van der Waals surface area contributed by atoms with Crippen LogP contribution < -0.4 is 4.74 Å². The van der Waals surface area contributed by atoms with Gasteiger partial charge in [0.05, 0.1) is 7.11 Å². The fraction of sp³-hybridized carbons (Fsp3) is 0.167. The van der Waals surface area contributed by atoms with E-state index < -0.39 is 0 Å². The van der Waals surface area contributed by atoms with Crippen molar-refractivity contribution in [3.05, 3.63) is 42.0 Å². The Hall–Kier alpha value is -1.50. The Balaban J connectivity index is 2.84. The summed E-state index contributed by atoms with van der Waals surface area (Å²) in [5.41, 5.74) is 1.18. The second-order valence-corrected chi connectivity index (χ2v) is 3.14. The molecule has 66 valence electrons. The third-order valence-corrected chi connectivity index (χ3v) is 2.28. The lowest BCUT2D eigenvalue weighted by molar-refractivity contribution is 0.417. The molecule has 2 rings (SSSR count). The first-order valence-electron chi connectivity index (χ1n) is 4.35. The lowest BCUT2D eigenvalue weighted by Gasteiger charge is -2.07. The lowest BCUT2D eigenvalue weighted by Crippen LogP contribution is -1.88. The summed E-state index contributed by atoms with van der Waals surface area (Å²) in [6.07, 6.45) is 0. The lowest BCUT2D eigenvalue weighted by atomic mass is 10.1. The van der Waals surface area contributed by atoms with Gasteiger partial charge in [0, 0.05) is 5.39 Å². The van der Waals surface area contributed by atoms with Crippen molar-refractivity contribution in [2.24, 2.45) is 0 Å². The highest BCUT2D eigenvalue weighted by atomic mass is 16.5. The van der Waals surface area contributed by atoms with Crippen molar-refractivity contribution in [1.29, 1.82) is 0 Å². The predicted octanol–water partition coefficient (Wildman–Crippen LogP) is 3.16. The normalized spacial score (nSPS) is 10.3. The molecule has 2 aromatic rings. The Bertz CT molecular complexity index is 432. The van der Waals surface area contributed by atoms with E-state index in [0.29, 0.717) is 0 Å². The van der Waals surface area contributed by atoms with Gasteiger partial charge in [-0.05, 0) is 17.9 Å². The zero-order valence-electron chi connectivity index (χ0n) is 7.87. The molecule has 0 aliphatic rings. The fourth-order valence-electron chi connectivity index (χ4n) is 1.62. The SMILES string of the molecule is COc1c(C)ccc2ccccc12. The summed E-state index contributed by atoms with van der Waals surface area (Å²) < 4.78 is 5.36. The van der Waals surface area contributed by atoms with E-state index in [2.05, 4.69) is 31.2 Å². The number of methoxy groups -OCH3 is 1. The van der Waals surface area contributed by atoms with Gasteiger partial charge >= 0.3 is 0 Å². The van der Waals surface area contributed by atoms with Crippen molar-refractivity contribution >= 4 is 10.8 Å². The van der Waals surface area contributed by atoms with E-state index in [9.17, 15) is 0 Å². The summed E-state index contributed by atoms with van der Waals surface area (Å²) in [6, 6.07) is 12.5. The first-order chi connectivity index (χ1) is 6.33. The van der Waals surface area contributed by atoms with Gasteiger partial charge in [0.15, 0.2) is 0 Å². The molecule has 0 heterocycles. The minimum Gasteiger partial charge on any atom is -0.496 e. The first-order valence-corrected chi connectivity index (χ1v) is 4.35. The summed E-state index contributed by atoms with van der Waals surface area (Å²) in [5, 5.41) is 2.41. The van der Waals surface area contributed by atoms with E-state index in [1.165, 1.54) is 16.3 Å². The Kier molecular flexibility index (Phi) is 1.93. The molecule has 0 radical (unpaired) electrons. The molecule has 0 aliphatic carbocycles. The number of fused-ring (bicyclic) bond motifs is 1. The van der Waals surface area contributed by atoms with Crippen LogP contribution >= 0.6 is 0 Å². The average Bonchev–Trinajstić information content (AvgIpc) is 2.18. The largest absolute Gasteiger partial charge is 0.496 e. The second kappa shape index (κ2) is 3.09. The highest BCUT2D eigenvalue weighted by Crippen LogP contribution is 2.28. The highest BCUT2D eigenvalue weighted by Gasteiger charge is 2.02. The number of aryl methyl sites for hydroxylation is 1. The van der Waals surface area contributed by atoms with Gasteiger partial charge in [-0.1, -0.05) is 36.4 Å². The van der Waals surface area contributed by atoms with Crippen molar-refractivity contribution in [3.63, 3.8) is 0 Å². The molecular weight excluding hydrogens is 160 g/mol. The van der Waals surface area contributed by atoms with E-state index in [1.54, 1.807) is 7.11 Å². The molecule has 0 aromatic heterocycles. The van der Waals surface area contributed by atoms with Crippen LogP contribution in [0.1, 0.15) is 5.56 Å². The number of hydrogen-bond acceptors (Lipinski definition) is 1. The Morgan fingerprint density at radius 2 is 1.77 bits per heavy atom. The number of benzene rings is 2. The standard InChI is InChI=1S/C12H12O/c1-9-7-8-10-5-3-4-6-11(10)12(9)13-2/h3-8H,1-2H3. The van der Waals surface area contributed by atoms with Crippen LogP contribution in [0.25, 0.3) is 10.8 Å². The zero-order valence-corrected chi connectivity index (χ0v) is 7.87. The van der Waals surface area contributed by atoms with Gasteiger partial charge in [0.25, 0.3) is 0 Å². The van der Waals surface area contributed by atoms with Crippen molar-refractivity contribution in [2.75, 3.05) is 7.11 Å². The van der Waals surface area contributed by atoms with Crippen molar-refractivity contribution in [2.45, 2.75) is 6.92 Å². The van der Waals surface area contributed by atoms with Crippen molar-refractivity contribution in [1.82, 2.24) is 0 Å². The van der Waals surface area contributed by atoms with Crippen LogP contribution in [0.3, 0.4) is 0 Å². The van der Waals surface area contributed by atoms with Crippen LogP contribution in [-0.4, -0.2) is 7.11 Å². The van der Waals surface area contributed by atoms with Crippen LogP contribution in [0.15, 0.2) is 36.4 Å². The Morgan fingerprint density at radius 1 is 1.00 bits per heavy atom. The van der Waals surface area contributed by atoms with Gasteiger partial charge in [0.2, 0.25) is 0 Å². The van der Waals surface area contributed by atoms with E-state index >= 15 is 0 Å². The molecule has 0 amide bonds. The number of ether oxygens (including phenoxy) is 1. The second-order valence-electron chi connectivity index (χ2n) is 3.14. The smallest absolute Gasteiger partial charge is 0.129 e. The fourth-order valence-corrected chi connectivity index (χ4v) is 1.62. The molecule has 0 fully saturated rings. The molecule has 0 aliphatic heterocycles. The van der Waals surface area contributed by atoms with Crippen LogP contribution in [0, 0.1) is 6.92 Å². The first kappa shape index (κ1) is 8.11. The molecule has 1 nitrogen and oxygen atoms in total. The highest BCUT2D eigenvalue weighted by molar-refractivity contribution is 5.89. The summed E-state index contributed by atoms with van der Waals surface area (Å²) in [6.45, 7) is 2.06. The van der Waals surface area contributed by atoms with Gasteiger partial charge in [-0.2, -0.15) is 0 Å². The monoisotopic (exact) mass is 172 g/mol. The summed E-state index contributed by atoms with van der Waals surface area (Å²) in [5.74, 6) is 0.984. The summed E-state index contributed by atoms with van der Waals surface area (Å²) >= 11 is 0. The van der Waals surface area contributed by atoms with Crippen LogP contribution in [0.4, 0.5) is 0 Å². The molecule has 0 atom stereocenters. The minimum atomic E-state index is 0.984. The number of hydrogen-bond donors (Lipinski definition) is 0. The van der Waals surface area contributed by atoms with Gasteiger partial charge < -0.3 is 4.74 Å². The quantitative estimate of drug-likeness (QED) is 0.642. The zero-order chi connectivity index (χ0) is 9.26. The van der Waals surface area contributed by atoms with Gasteiger partial charge in [-0.15, -0.1) is 0 Å². The van der Waals surface area contributed by atoms with Gasteiger partial charge in [-0.3, -0.25) is 0 Å². The summed E-state index contributed by atoms with van der Waals surface area (Å²) in [7, 11) is 1.72. The summed E-state index contributed by atoms with van der Waals surface area (Å²) in [4.78, 5) is 0. The van der Waals surface area contributed by atoms with Crippen molar-refractivity contribution < 1.29 is 4.74 Å². The minimum absolute atomic E-state index is 0.984. The van der Waals surface area contributed by atoms with Gasteiger partial charge in [0.1, 0.15) is 5.75 Å². The Labute approximate surface area is 78.0 Å². The molecular formula is C12H12O. The van der Waals surface area contributed by atoms with E-state index in [1.807, 2.05) is 12.1 Å². The molecule has 0 bridgehead atoms. The maximum absolute atomic E-state index is 5.36. The molecule has 2 aromatic carbocycles. The maximum atomic E-state index is 5.36. The Morgan fingerprint density at radius 3 is 2.54 bits per heavy atom. The average molecular weight is 172 g/mol. The van der Waals surface area contributed by atoms with E-state index in [-0.39, 0.29) is 0 Å². The topological polar surface area (TPSA) is 9.23 Å². The third-order valence-electron chi connectivity index (χ3n) is 2.28. The molecule has 0 saturated carbocycles. The van der Waals surface area contributed by atoms with Gasteiger partial charge in [-0.25, -0.2) is 0 Å². The molecule has 0 spiro atoms. The van der Waals surface area contributed by atoms with Crippen LogP contribution in [0.2, 0.25) is 0 Å². The molecule has 0 N–H and O–H groups in total. The third kappa shape index (κ3) is 1.26. The predicted molar refractivity (Wildman–Crippen MR) is 55.2 cm³/mol. The van der Waals surface area contributed by atoms with E-state index in [0.717, 1.165) is 5.75 Å². The van der Waals surface area contributed by atoms with E-state index in [4.69, 9.17) is 4.74 Å².